The number of nitrogens with one attached hydrogen (secondary N) is 2. The molecule has 5 rings (SSSR count). The van der Waals surface area contributed by atoms with Crippen molar-refractivity contribution in [1.29, 1.82) is 0 Å². The molecule has 7 heteroatoms. The first kappa shape index (κ1) is 19.7. The lowest BCUT2D eigenvalue weighted by atomic mass is 10.1. The highest BCUT2D eigenvalue weighted by molar-refractivity contribution is 5.98. The third kappa shape index (κ3) is 3.76. The summed E-state index contributed by atoms with van der Waals surface area (Å²) in [6, 6.07) is 24.7. The molecule has 2 N–H and O–H groups in total. The monoisotopic (exact) mass is 423 g/mol. The van der Waals surface area contributed by atoms with Gasteiger partial charge in [-0.05, 0) is 36.6 Å². The number of carbonyl (C=O) groups excluding carboxylic acids is 1. The second-order valence-corrected chi connectivity index (χ2v) is 7.58. The first-order valence-corrected chi connectivity index (χ1v) is 10.5. The van der Waals surface area contributed by atoms with Gasteiger partial charge in [0.15, 0.2) is 5.65 Å². The molecular weight excluding hydrogens is 402 g/mol. The smallest absolute Gasteiger partial charge is 0.281 e. The summed E-state index contributed by atoms with van der Waals surface area (Å²) in [5.41, 5.74) is 3.79. The van der Waals surface area contributed by atoms with Crippen LogP contribution in [0.5, 0.6) is 0 Å². The second-order valence-electron chi connectivity index (χ2n) is 7.58. The Morgan fingerprint density at radius 1 is 0.969 bits per heavy atom. The van der Waals surface area contributed by atoms with Crippen molar-refractivity contribution in [2.45, 2.75) is 12.8 Å². The molecular formula is C25H21N5O2. The van der Waals surface area contributed by atoms with Gasteiger partial charge >= 0.3 is 0 Å². The molecule has 0 atom stereocenters. The maximum absolute atomic E-state index is 12.7. The molecule has 2 aromatic heterocycles. The highest BCUT2D eigenvalue weighted by Crippen LogP contribution is 2.22. The van der Waals surface area contributed by atoms with Gasteiger partial charge in [-0.15, -0.1) is 0 Å². The standard InChI is InChI=1S/C25H21N5O2/c31-24(26-15-7-10-17-8-3-1-4-9-17)19-13-14-20-21(16-19)30-23(27-25(20)32)22(28-29-30)18-11-5-2-6-12-18/h1-6,8-9,11-14,16,29H,7,10,15H2,(H,26,31). The number of nitrogens with zero attached hydrogens (tertiary/aromatic N) is 3. The van der Waals surface area contributed by atoms with Crippen LogP contribution < -0.4 is 10.9 Å². The average molecular weight is 423 g/mol. The summed E-state index contributed by atoms with van der Waals surface area (Å²) in [6.07, 6.45) is 1.74. The molecule has 0 radical (unpaired) electrons. The minimum absolute atomic E-state index is 0.180. The minimum Gasteiger partial charge on any atom is -0.352 e. The van der Waals surface area contributed by atoms with Gasteiger partial charge in [-0.3, -0.25) is 9.59 Å². The van der Waals surface area contributed by atoms with Gasteiger partial charge < -0.3 is 5.32 Å². The van der Waals surface area contributed by atoms with Crippen LogP contribution in [0.25, 0.3) is 27.8 Å². The minimum atomic E-state index is -0.353. The highest BCUT2D eigenvalue weighted by atomic mass is 16.1. The van der Waals surface area contributed by atoms with Gasteiger partial charge in [0.2, 0.25) is 0 Å². The van der Waals surface area contributed by atoms with Crippen LogP contribution in [-0.4, -0.2) is 32.3 Å². The number of carbonyl (C=O) groups is 1. The second kappa shape index (κ2) is 8.47. The number of aryl methyl sites for hydroxylation is 1. The lowest BCUT2D eigenvalue weighted by Crippen LogP contribution is -2.25. The zero-order chi connectivity index (χ0) is 21.9. The molecule has 0 fully saturated rings. The Hall–Kier alpha value is -4.26. The van der Waals surface area contributed by atoms with Crippen LogP contribution in [0, 0.1) is 0 Å². The summed E-state index contributed by atoms with van der Waals surface area (Å²) in [7, 11) is 0. The predicted octanol–water partition coefficient (Wildman–Crippen LogP) is 3.60. The molecule has 2 heterocycles. The Kier molecular flexibility index (Phi) is 5.21. The van der Waals surface area contributed by atoms with E-state index in [2.05, 4.69) is 32.7 Å². The Morgan fingerprint density at radius 3 is 2.50 bits per heavy atom. The molecule has 158 valence electrons. The van der Waals surface area contributed by atoms with Crippen molar-refractivity contribution in [3.05, 3.63) is 100 Å². The fourth-order valence-corrected chi connectivity index (χ4v) is 3.80. The average Bonchev–Trinajstić information content (AvgIpc) is 3.26. The molecule has 0 unspecified atom stereocenters. The van der Waals surface area contributed by atoms with Gasteiger partial charge in [-0.2, -0.15) is 10.1 Å². The highest BCUT2D eigenvalue weighted by Gasteiger charge is 2.15. The number of fused-ring (bicyclic) bond motifs is 3. The summed E-state index contributed by atoms with van der Waals surface area (Å²) in [5.74, 6) is -0.180. The number of H-pyrrole nitrogens is 1. The summed E-state index contributed by atoms with van der Waals surface area (Å²) >= 11 is 0. The fourth-order valence-electron chi connectivity index (χ4n) is 3.80. The van der Waals surface area contributed by atoms with E-state index in [1.165, 1.54) is 5.56 Å². The van der Waals surface area contributed by atoms with Crippen molar-refractivity contribution in [2.24, 2.45) is 0 Å². The topological polar surface area (TPSA) is 92.2 Å². The van der Waals surface area contributed by atoms with Crippen LogP contribution in [0.3, 0.4) is 0 Å². The van der Waals surface area contributed by atoms with E-state index in [-0.39, 0.29) is 11.5 Å². The molecule has 5 aromatic rings. The molecule has 0 aliphatic carbocycles. The molecule has 3 aromatic carbocycles. The van der Waals surface area contributed by atoms with E-state index >= 15 is 0 Å². The molecule has 1 amide bonds. The van der Waals surface area contributed by atoms with Crippen LogP contribution in [0.15, 0.2) is 83.7 Å². The molecule has 7 nitrogen and oxygen atoms in total. The van der Waals surface area contributed by atoms with Gasteiger partial charge in [-0.25, -0.2) is 9.73 Å². The Labute approximate surface area is 183 Å². The number of hydrogen-bond donors (Lipinski definition) is 2. The number of hydrogen-bond acceptors (Lipinski definition) is 4. The van der Waals surface area contributed by atoms with Crippen LogP contribution in [0.4, 0.5) is 0 Å². The van der Waals surface area contributed by atoms with E-state index in [1.807, 2.05) is 48.5 Å². The van der Waals surface area contributed by atoms with Crippen LogP contribution in [-0.2, 0) is 6.42 Å². The molecule has 0 saturated carbocycles. The van der Waals surface area contributed by atoms with E-state index in [0.717, 1.165) is 18.4 Å². The van der Waals surface area contributed by atoms with Crippen molar-refractivity contribution >= 4 is 22.5 Å². The zero-order valence-corrected chi connectivity index (χ0v) is 17.3. The summed E-state index contributed by atoms with van der Waals surface area (Å²) < 4.78 is 1.64. The number of aromatic amines is 1. The molecule has 0 aliphatic heterocycles. The van der Waals surface area contributed by atoms with Crippen molar-refractivity contribution < 1.29 is 4.79 Å². The largest absolute Gasteiger partial charge is 0.352 e. The van der Waals surface area contributed by atoms with Crippen molar-refractivity contribution in [3.8, 4) is 11.3 Å². The van der Waals surface area contributed by atoms with E-state index in [9.17, 15) is 9.59 Å². The van der Waals surface area contributed by atoms with Crippen molar-refractivity contribution in [1.82, 2.24) is 25.1 Å². The van der Waals surface area contributed by atoms with Gasteiger partial charge in [0, 0.05) is 17.7 Å². The Bertz CT molecular complexity index is 1460. The SMILES string of the molecule is O=C(NCCCc1ccccc1)c1ccc2c(=O)nc3c(-c4ccccc4)n[nH]n3c2c1. The molecule has 32 heavy (non-hydrogen) atoms. The summed E-state index contributed by atoms with van der Waals surface area (Å²) in [5, 5.41) is 10.7. The fraction of sp³-hybridized carbons (Fsp3) is 0.120. The lowest BCUT2D eigenvalue weighted by Gasteiger charge is -2.07. The summed E-state index contributed by atoms with van der Waals surface area (Å²) in [4.78, 5) is 29.6. The van der Waals surface area contributed by atoms with Gasteiger partial charge in [0.1, 0.15) is 5.69 Å². The number of rotatable bonds is 6. The number of amides is 1. The molecule has 0 spiro atoms. The molecule has 0 aliphatic rings. The lowest BCUT2D eigenvalue weighted by molar-refractivity contribution is 0.0953. The van der Waals surface area contributed by atoms with E-state index in [4.69, 9.17) is 0 Å². The molecule has 0 bridgehead atoms. The Balaban J connectivity index is 1.41. The van der Waals surface area contributed by atoms with Gasteiger partial charge in [0.05, 0.1) is 10.9 Å². The maximum Gasteiger partial charge on any atom is 0.281 e. The predicted molar refractivity (Wildman–Crippen MR) is 124 cm³/mol. The number of aromatic nitrogens is 4. The third-order valence-corrected chi connectivity index (χ3v) is 5.44. The van der Waals surface area contributed by atoms with Crippen LogP contribution >= 0.6 is 0 Å². The van der Waals surface area contributed by atoms with Crippen molar-refractivity contribution in [3.63, 3.8) is 0 Å². The van der Waals surface area contributed by atoms with E-state index in [1.54, 1.807) is 22.7 Å². The first-order valence-electron chi connectivity index (χ1n) is 10.5. The summed E-state index contributed by atoms with van der Waals surface area (Å²) in [6.45, 7) is 0.569. The van der Waals surface area contributed by atoms with Crippen LogP contribution in [0.1, 0.15) is 22.3 Å². The molecule has 0 saturated heterocycles. The quantitative estimate of drug-likeness (QED) is 0.408. The van der Waals surface area contributed by atoms with Gasteiger partial charge in [0.25, 0.3) is 11.5 Å². The zero-order valence-electron chi connectivity index (χ0n) is 17.3. The third-order valence-electron chi connectivity index (χ3n) is 5.44. The Morgan fingerprint density at radius 2 is 1.72 bits per heavy atom. The van der Waals surface area contributed by atoms with E-state index < -0.39 is 0 Å². The maximum atomic E-state index is 12.7. The normalized spacial score (nSPS) is 11.1. The van der Waals surface area contributed by atoms with Crippen molar-refractivity contribution in [2.75, 3.05) is 6.54 Å². The van der Waals surface area contributed by atoms with Crippen LogP contribution in [0.2, 0.25) is 0 Å². The van der Waals surface area contributed by atoms with E-state index in [0.29, 0.717) is 34.4 Å². The van der Waals surface area contributed by atoms with Gasteiger partial charge in [-0.1, -0.05) is 60.7 Å². The first-order chi connectivity index (χ1) is 15.7. The number of benzene rings is 3.